The number of hydrogen-bond donors (Lipinski definition) is 2. The fourth-order valence-corrected chi connectivity index (χ4v) is 4.56. The molecule has 0 radical (unpaired) electrons. The van der Waals surface area contributed by atoms with Crippen LogP contribution in [0.15, 0.2) is 48.5 Å². The standard InChI is InChI=1S/C20H24N2/c1-21-13-11-15-7-3-5-9-17(15)19(21)20-18-10-6-4-8-16(18)12-14-22(20)2/h3-10,19-20H,11-14H2,1-2H3/p+2/t19-,20-/m1/s1. The van der Waals surface area contributed by atoms with Gasteiger partial charge in [-0.2, -0.15) is 0 Å². The van der Waals surface area contributed by atoms with Crippen LogP contribution in [0.2, 0.25) is 0 Å². The highest BCUT2D eigenvalue weighted by molar-refractivity contribution is 5.36. The van der Waals surface area contributed by atoms with E-state index in [1.165, 1.54) is 25.9 Å². The summed E-state index contributed by atoms with van der Waals surface area (Å²) >= 11 is 0. The quantitative estimate of drug-likeness (QED) is 0.763. The Balaban J connectivity index is 1.84. The van der Waals surface area contributed by atoms with E-state index in [1.54, 1.807) is 32.1 Å². The van der Waals surface area contributed by atoms with E-state index in [9.17, 15) is 0 Å². The van der Waals surface area contributed by atoms with E-state index >= 15 is 0 Å². The van der Waals surface area contributed by atoms with Crippen molar-refractivity contribution in [1.29, 1.82) is 0 Å². The maximum atomic E-state index is 2.38. The van der Waals surface area contributed by atoms with Gasteiger partial charge in [0.05, 0.1) is 27.2 Å². The molecule has 2 nitrogen and oxygen atoms in total. The summed E-state index contributed by atoms with van der Waals surface area (Å²) < 4.78 is 0. The topological polar surface area (TPSA) is 8.88 Å². The lowest BCUT2D eigenvalue weighted by atomic mass is 9.81. The molecule has 0 saturated carbocycles. The highest BCUT2D eigenvalue weighted by atomic mass is 15.2. The summed E-state index contributed by atoms with van der Waals surface area (Å²) in [6.07, 6.45) is 2.43. The van der Waals surface area contributed by atoms with Gasteiger partial charge in [-0.3, -0.25) is 0 Å². The summed E-state index contributed by atoms with van der Waals surface area (Å²) in [7, 11) is 4.76. The minimum absolute atomic E-state index is 0.575. The number of nitrogens with one attached hydrogen (secondary N) is 2. The molecule has 4 atom stereocenters. The van der Waals surface area contributed by atoms with Crippen molar-refractivity contribution in [2.24, 2.45) is 0 Å². The van der Waals surface area contributed by atoms with Crippen LogP contribution in [-0.4, -0.2) is 27.2 Å². The Morgan fingerprint density at radius 3 is 1.55 bits per heavy atom. The zero-order chi connectivity index (χ0) is 15.1. The molecule has 0 aliphatic carbocycles. The van der Waals surface area contributed by atoms with Crippen LogP contribution in [0.1, 0.15) is 34.3 Å². The van der Waals surface area contributed by atoms with Crippen molar-refractivity contribution in [3.63, 3.8) is 0 Å². The first-order chi connectivity index (χ1) is 10.8. The maximum absolute atomic E-state index is 2.38. The van der Waals surface area contributed by atoms with Crippen molar-refractivity contribution in [2.45, 2.75) is 24.9 Å². The first kappa shape index (κ1) is 14.0. The van der Waals surface area contributed by atoms with Crippen molar-refractivity contribution in [1.82, 2.24) is 0 Å². The molecule has 2 aliphatic heterocycles. The average molecular weight is 294 g/mol. The molecule has 2 aromatic rings. The second-order valence-corrected chi connectivity index (χ2v) is 7.05. The second kappa shape index (κ2) is 5.53. The van der Waals surface area contributed by atoms with E-state index in [1.807, 2.05) is 0 Å². The third-order valence-electron chi connectivity index (χ3n) is 5.75. The number of quaternary nitrogens is 2. The van der Waals surface area contributed by atoms with Gasteiger partial charge in [0.15, 0.2) is 12.1 Å². The lowest BCUT2D eigenvalue weighted by molar-refractivity contribution is -0.990. The average Bonchev–Trinajstić information content (AvgIpc) is 2.56. The van der Waals surface area contributed by atoms with Crippen LogP contribution < -0.4 is 9.80 Å². The molecule has 2 N–H and O–H groups in total. The third-order valence-corrected chi connectivity index (χ3v) is 5.75. The second-order valence-electron chi connectivity index (χ2n) is 7.05. The van der Waals surface area contributed by atoms with Gasteiger partial charge in [0.25, 0.3) is 0 Å². The summed E-state index contributed by atoms with van der Waals surface area (Å²) in [4.78, 5) is 3.33. The van der Waals surface area contributed by atoms with Crippen molar-refractivity contribution >= 4 is 0 Å². The van der Waals surface area contributed by atoms with Crippen LogP contribution in [-0.2, 0) is 12.8 Å². The Morgan fingerprint density at radius 1 is 0.682 bits per heavy atom. The van der Waals surface area contributed by atoms with Crippen molar-refractivity contribution in [2.75, 3.05) is 27.2 Å². The molecule has 2 aromatic carbocycles. The summed E-state index contributed by atoms with van der Waals surface area (Å²) in [5, 5.41) is 0. The zero-order valence-electron chi connectivity index (χ0n) is 13.6. The van der Waals surface area contributed by atoms with Gasteiger partial charge in [0, 0.05) is 24.0 Å². The van der Waals surface area contributed by atoms with Crippen LogP contribution in [0, 0.1) is 0 Å². The predicted octanol–water partition coefficient (Wildman–Crippen LogP) is 0.611. The molecule has 0 spiro atoms. The van der Waals surface area contributed by atoms with Gasteiger partial charge in [0.1, 0.15) is 0 Å². The van der Waals surface area contributed by atoms with Gasteiger partial charge < -0.3 is 9.80 Å². The van der Waals surface area contributed by atoms with Gasteiger partial charge in [0.2, 0.25) is 0 Å². The molecule has 4 rings (SSSR count). The number of fused-ring (bicyclic) bond motifs is 2. The van der Waals surface area contributed by atoms with E-state index in [4.69, 9.17) is 0 Å². The van der Waals surface area contributed by atoms with Gasteiger partial charge in [-0.15, -0.1) is 0 Å². The molecule has 2 unspecified atom stereocenters. The third kappa shape index (κ3) is 2.18. The molecular formula is C20H26N2+2. The molecule has 2 heteroatoms. The highest BCUT2D eigenvalue weighted by Gasteiger charge is 2.43. The molecule has 0 saturated heterocycles. The summed E-state index contributed by atoms with van der Waals surface area (Å²) in [6, 6.07) is 19.4. The van der Waals surface area contributed by atoms with Crippen LogP contribution in [0.4, 0.5) is 0 Å². The summed E-state index contributed by atoms with van der Waals surface area (Å²) in [5.74, 6) is 0. The van der Waals surface area contributed by atoms with E-state index in [-0.39, 0.29) is 0 Å². The first-order valence-electron chi connectivity index (χ1n) is 8.56. The summed E-state index contributed by atoms with van der Waals surface area (Å²) in [6.45, 7) is 2.49. The number of rotatable bonds is 1. The normalized spacial score (nSPS) is 30.5. The number of benzene rings is 2. The van der Waals surface area contributed by atoms with Crippen molar-refractivity contribution < 1.29 is 9.80 Å². The van der Waals surface area contributed by atoms with E-state index < -0.39 is 0 Å². The maximum Gasteiger partial charge on any atom is 0.170 e. The van der Waals surface area contributed by atoms with E-state index in [2.05, 4.69) is 62.6 Å². The Bertz CT molecular complexity index is 619. The Kier molecular flexibility index (Phi) is 3.51. The largest absolute Gasteiger partial charge is 0.326 e. The smallest absolute Gasteiger partial charge is 0.170 e. The molecule has 0 amide bonds. The molecule has 2 aliphatic rings. The number of hydrogen-bond acceptors (Lipinski definition) is 0. The molecule has 2 heterocycles. The highest BCUT2D eigenvalue weighted by Crippen LogP contribution is 2.32. The predicted molar refractivity (Wildman–Crippen MR) is 89.3 cm³/mol. The molecule has 22 heavy (non-hydrogen) atoms. The monoisotopic (exact) mass is 294 g/mol. The minimum Gasteiger partial charge on any atom is -0.326 e. The van der Waals surface area contributed by atoms with Crippen molar-refractivity contribution in [3.05, 3.63) is 70.8 Å². The van der Waals surface area contributed by atoms with Gasteiger partial charge >= 0.3 is 0 Å². The molecule has 0 aromatic heterocycles. The van der Waals surface area contributed by atoms with Gasteiger partial charge in [-0.25, -0.2) is 0 Å². The fourth-order valence-electron chi connectivity index (χ4n) is 4.56. The SMILES string of the molecule is C[NH+]1CCc2ccccc2[C@@H]1[C@H]1c2ccccc2CC[NH+]1C. The fraction of sp³-hybridized carbons (Fsp3) is 0.400. The Labute approximate surface area is 133 Å². The van der Waals surface area contributed by atoms with Crippen LogP contribution in [0.5, 0.6) is 0 Å². The lowest BCUT2D eigenvalue weighted by Crippen LogP contribution is -3.19. The Hall–Kier alpha value is -1.64. The molecule has 0 bridgehead atoms. The zero-order valence-corrected chi connectivity index (χ0v) is 13.6. The van der Waals surface area contributed by atoms with Gasteiger partial charge in [-0.1, -0.05) is 48.5 Å². The molecule has 0 fully saturated rings. The van der Waals surface area contributed by atoms with Crippen LogP contribution in [0.3, 0.4) is 0 Å². The summed E-state index contributed by atoms with van der Waals surface area (Å²) in [5.41, 5.74) is 6.28. The van der Waals surface area contributed by atoms with E-state index in [0.717, 1.165) is 0 Å². The minimum atomic E-state index is 0.575. The van der Waals surface area contributed by atoms with Crippen LogP contribution in [0.25, 0.3) is 0 Å². The molecule has 114 valence electrons. The van der Waals surface area contributed by atoms with Gasteiger partial charge in [-0.05, 0) is 11.1 Å². The van der Waals surface area contributed by atoms with Crippen LogP contribution >= 0.6 is 0 Å². The van der Waals surface area contributed by atoms with Crippen molar-refractivity contribution in [3.8, 4) is 0 Å². The lowest BCUT2D eigenvalue weighted by Gasteiger charge is -2.41. The first-order valence-corrected chi connectivity index (χ1v) is 8.56. The molecular weight excluding hydrogens is 268 g/mol. The van der Waals surface area contributed by atoms with E-state index in [0.29, 0.717) is 12.1 Å². The number of likely N-dealkylation sites (N-methyl/N-ethyl adjacent to an activating group) is 2. The Morgan fingerprint density at radius 2 is 1.09 bits per heavy atom.